The summed E-state index contributed by atoms with van der Waals surface area (Å²) in [6.45, 7) is 7.10. The Labute approximate surface area is 189 Å². The lowest BCUT2D eigenvalue weighted by molar-refractivity contribution is 0.0139. The first-order valence-electron chi connectivity index (χ1n) is 11.1. The SMILES string of the molecule is COC(=O)c1ccc(S(=O)(=O)C2CN(C(=O)OC(C)(C)C)C2)cc1N1CCC2(CC1)CC2. The highest BCUT2D eigenvalue weighted by Crippen LogP contribution is 2.54. The summed E-state index contributed by atoms with van der Waals surface area (Å²) in [5, 5.41) is -0.692. The van der Waals surface area contributed by atoms with Crippen LogP contribution in [0.1, 0.15) is 56.8 Å². The Morgan fingerprint density at radius 3 is 2.22 bits per heavy atom. The van der Waals surface area contributed by atoms with Crippen molar-refractivity contribution in [2.75, 3.05) is 38.2 Å². The molecule has 1 saturated carbocycles. The zero-order valence-electron chi connectivity index (χ0n) is 19.2. The van der Waals surface area contributed by atoms with Crippen LogP contribution in [0.3, 0.4) is 0 Å². The summed E-state index contributed by atoms with van der Waals surface area (Å²) in [7, 11) is -2.34. The van der Waals surface area contributed by atoms with Gasteiger partial charge in [0.15, 0.2) is 9.84 Å². The van der Waals surface area contributed by atoms with Gasteiger partial charge in [0.25, 0.3) is 0 Å². The van der Waals surface area contributed by atoms with E-state index in [0.29, 0.717) is 16.7 Å². The molecule has 1 spiro atoms. The molecule has 1 aliphatic carbocycles. The molecule has 8 nitrogen and oxygen atoms in total. The number of sulfone groups is 1. The average Bonchev–Trinajstić information content (AvgIpc) is 3.43. The minimum absolute atomic E-state index is 0.0948. The van der Waals surface area contributed by atoms with Crippen LogP contribution < -0.4 is 4.90 Å². The Morgan fingerprint density at radius 2 is 1.69 bits per heavy atom. The number of rotatable bonds is 4. The molecule has 1 aromatic rings. The van der Waals surface area contributed by atoms with Gasteiger partial charge in [-0.05, 0) is 70.1 Å². The molecule has 2 aliphatic heterocycles. The molecule has 3 aliphatic rings. The number of hydrogen-bond donors (Lipinski definition) is 0. The summed E-state index contributed by atoms with van der Waals surface area (Å²) in [6.07, 6.45) is 4.12. The summed E-state index contributed by atoms with van der Waals surface area (Å²) in [6, 6.07) is 4.61. The second-order valence-electron chi connectivity index (χ2n) is 10.2. The second kappa shape index (κ2) is 7.93. The molecule has 9 heteroatoms. The highest BCUT2D eigenvalue weighted by molar-refractivity contribution is 7.92. The Balaban J connectivity index is 1.53. The third-order valence-corrected chi connectivity index (χ3v) is 8.85. The van der Waals surface area contributed by atoms with E-state index in [1.54, 1.807) is 32.9 Å². The Bertz CT molecular complexity index is 1010. The predicted molar refractivity (Wildman–Crippen MR) is 120 cm³/mol. The highest BCUT2D eigenvalue weighted by Gasteiger charge is 2.45. The number of anilines is 1. The fourth-order valence-electron chi connectivity index (χ4n) is 4.43. The Morgan fingerprint density at radius 1 is 1.06 bits per heavy atom. The van der Waals surface area contributed by atoms with E-state index in [1.165, 1.54) is 30.9 Å². The van der Waals surface area contributed by atoms with Crippen LogP contribution in [0.4, 0.5) is 10.5 Å². The molecule has 0 atom stereocenters. The monoisotopic (exact) mass is 464 g/mol. The standard InChI is InChI=1S/C23H32N2O6S/c1-22(2,3)31-21(27)25-14-17(15-25)32(28,29)16-5-6-18(20(26)30-4)19(13-16)24-11-9-23(7-8-23)10-12-24/h5-6,13,17H,7-12,14-15H2,1-4H3. The van der Waals surface area contributed by atoms with Crippen molar-refractivity contribution < 1.29 is 27.5 Å². The lowest BCUT2D eigenvalue weighted by Gasteiger charge is -2.39. The minimum Gasteiger partial charge on any atom is -0.465 e. The summed E-state index contributed by atoms with van der Waals surface area (Å²) < 4.78 is 36.8. The zero-order valence-corrected chi connectivity index (χ0v) is 20.0. The van der Waals surface area contributed by atoms with Crippen LogP contribution in [0.5, 0.6) is 0 Å². The molecule has 176 valence electrons. The van der Waals surface area contributed by atoms with Gasteiger partial charge in [0.1, 0.15) is 10.9 Å². The van der Waals surface area contributed by atoms with E-state index in [2.05, 4.69) is 4.90 Å². The number of esters is 1. The molecule has 0 N–H and O–H groups in total. The Kier molecular flexibility index (Phi) is 5.68. The van der Waals surface area contributed by atoms with Crippen LogP contribution in [0, 0.1) is 5.41 Å². The number of carbonyl (C=O) groups is 2. The molecule has 4 rings (SSSR count). The van der Waals surface area contributed by atoms with Crippen LogP contribution in [0.2, 0.25) is 0 Å². The van der Waals surface area contributed by atoms with Crippen molar-refractivity contribution in [1.82, 2.24) is 4.90 Å². The van der Waals surface area contributed by atoms with E-state index in [9.17, 15) is 18.0 Å². The van der Waals surface area contributed by atoms with Gasteiger partial charge in [-0.3, -0.25) is 0 Å². The molecule has 1 amide bonds. The number of carbonyl (C=O) groups excluding carboxylic acids is 2. The van der Waals surface area contributed by atoms with Gasteiger partial charge in [-0.25, -0.2) is 18.0 Å². The van der Waals surface area contributed by atoms with Crippen molar-refractivity contribution in [3.8, 4) is 0 Å². The molecule has 2 heterocycles. The van der Waals surface area contributed by atoms with Crippen molar-refractivity contribution in [3.63, 3.8) is 0 Å². The van der Waals surface area contributed by atoms with E-state index >= 15 is 0 Å². The lowest BCUT2D eigenvalue weighted by atomic mass is 9.93. The number of nitrogens with zero attached hydrogens (tertiary/aromatic N) is 2. The normalized spacial score (nSPS) is 20.6. The number of likely N-dealkylation sites (tertiary alicyclic amines) is 1. The summed E-state index contributed by atoms with van der Waals surface area (Å²) in [5.74, 6) is -0.476. The smallest absolute Gasteiger partial charge is 0.410 e. The van der Waals surface area contributed by atoms with E-state index in [0.717, 1.165) is 25.9 Å². The van der Waals surface area contributed by atoms with Crippen molar-refractivity contribution in [2.24, 2.45) is 5.41 Å². The molecular formula is C23H32N2O6S. The molecule has 0 unspecified atom stereocenters. The molecule has 2 saturated heterocycles. The summed E-state index contributed by atoms with van der Waals surface area (Å²) in [4.78, 5) is 28.2. The molecule has 0 aromatic heterocycles. The first-order chi connectivity index (χ1) is 14.9. The van der Waals surface area contributed by atoms with E-state index in [4.69, 9.17) is 9.47 Å². The average molecular weight is 465 g/mol. The third kappa shape index (κ3) is 4.44. The number of piperidine rings is 1. The van der Waals surface area contributed by atoms with Gasteiger partial charge in [0.2, 0.25) is 0 Å². The van der Waals surface area contributed by atoms with Crippen LogP contribution in [0.25, 0.3) is 0 Å². The number of methoxy groups -OCH3 is 1. The molecule has 1 aromatic carbocycles. The van der Waals surface area contributed by atoms with Crippen LogP contribution in [-0.4, -0.2) is 69.5 Å². The number of ether oxygens (including phenoxy) is 2. The number of amides is 1. The molecular weight excluding hydrogens is 432 g/mol. The van der Waals surface area contributed by atoms with Crippen molar-refractivity contribution >= 4 is 27.6 Å². The van der Waals surface area contributed by atoms with Crippen LogP contribution >= 0.6 is 0 Å². The quantitative estimate of drug-likeness (QED) is 0.632. The van der Waals surface area contributed by atoms with Gasteiger partial charge < -0.3 is 19.3 Å². The fourth-order valence-corrected chi connectivity index (χ4v) is 6.10. The molecule has 32 heavy (non-hydrogen) atoms. The summed E-state index contributed by atoms with van der Waals surface area (Å²) in [5.41, 5.74) is 0.814. The number of hydrogen-bond acceptors (Lipinski definition) is 7. The van der Waals surface area contributed by atoms with E-state index < -0.39 is 32.8 Å². The largest absolute Gasteiger partial charge is 0.465 e. The lowest BCUT2D eigenvalue weighted by Crippen LogP contribution is -2.57. The van der Waals surface area contributed by atoms with Gasteiger partial charge >= 0.3 is 12.1 Å². The van der Waals surface area contributed by atoms with Gasteiger partial charge in [-0.2, -0.15) is 0 Å². The third-order valence-electron chi connectivity index (χ3n) is 6.76. The van der Waals surface area contributed by atoms with Gasteiger partial charge in [0.05, 0.1) is 23.3 Å². The van der Waals surface area contributed by atoms with Gasteiger partial charge in [-0.1, -0.05) is 0 Å². The Hall–Kier alpha value is -2.29. The van der Waals surface area contributed by atoms with E-state index in [-0.39, 0.29) is 18.0 Å². The van der Waals surface area contributed by atoms with Crippen molar-refractivity contribution in [2.45, 2.75) is 62.2 Å². The zero-order chi connectivity index (χ0) is 23.3. The van der Waals surface area contributed by atoms with Crippen LogP contribution in [0.15, 0.2) is 23.1 Å². The van der Waals surface area contributed by atoms with Crippen LogP contribution in [-0.2, 0) is 19.3 Å². The number of benzene rings is 1. The maximum absolute atomic E-state index is 13.3. The maximum atomic E-state index is 13.3. The van der Waals surface area contributed by atoms with Gasteiger partial charge in [-0.15, -0.1) is 0 Å². The van der Waals surface area contributed by atoms with E-state index in [1.807, 2.05) is 0 Å². The fraction of sp³-hybridized carbons (Fsp3) is 0.652. The highest BCUT2D eigenvalue weighted by atomic mass is 32.2. The van der Waals surface area contributed by atoms with Crippen molar-refractivity contribution in [3.05, 3.63) is 23.8 Å². The van der Waals surface area contributed by atoms with Crippen molar-refractivity contribution in [1.29, 1.82) is 0 Å². The van der Waals surface area contributed by atoms with Gasteiger partial charge in [0, 0.05) is 26.2 Å². The second-order valence-corrected chi connectivity index (χ2v) is 12.4. The first kappa shape index (κ1) is 22.9. The first-order valence-corrected chi connectivity index (χ1v) is 12.7. The molecule has 0 bridgehead atoms. The summed E-state index contributed by atoms with van der Waals surface area (Å²) >= 11 is 0. The maximum Gasteiger partial charge on any atom is 0.410 e. The predicted octanol–water partition coefficient (Wildman–Crippen LogP) is 3.25. The molecule has 3 fully saturated rings. The topological polar surface area (TPSA) is 93.2 Å². The molecule has 0 radical (unpaired) electrons. The minimum atomic E-state index is -3.66.